The average Bonchev–Trinajstić information content (AvgIpc) is 3.21. The molecule has 52 heavy (non-hydrogen) atoms. The summed E-state index contributed by atoms with van der Waals surface area (Å²) in [6.07, 6.45) is 3.03. The third kappa shape index (κ3) is 9.26. The van der Waals surface area contributed by atoms with Crippen molar-refractivity contribution in [3.63, 3.8) is 0 Å². The number of aliphatic hydroxyl groups is 1. The van der Waals surface area contributed by atoms with Crippen LogP contribution in [0.2, 0.25) is 0 Å². The molecule has 1 aliphatic rings. The molecule has 3 atom stereocenters. The lowest BCUT2D eigenvalue weighted by molar-refractivity contribution is -0.253. The van der Waals surface area contributed by atoms with Crippen molar-refractivity contribution in [3.8, 4) is 11.1 Å². The fraction of sp³-hybridized carbons (Fsp3) is 0.200. The van der Waals surface area contributed by atoms with E-state index in [1.165, 1.54) is 11.1 Å². The summed E-state index contributed by atoms with van der Waals surface area (Å²) in [6, 6.07) is 49.2. The molecule has 1 amide bonds. The van der Waals surface area contributed by atoms with E-state index in [1.807, 2.05) is 30.3 Å². The fourth-order valence-electron chi connectivity index (χ4n) is 6.70. The first-order valence-electron chi connectivity index (χ1n) is 17.8. The maximum absolute atomic E-state index is 12.6. The van der Waals surface area contributed by atoms with Crippen LogP contribution in [0.3, 0.4) is 0 Å². The molecule has 6 aromatic rings. The number of ether oxygens (including phenoxy) is 2. The largest absolute Gasteiger partial charge is 0.392 e. The van der Waals surface area contributed by atoms with E-state index in [0.717, 1.165) is 53.0 Å². The van der Waals surface area contributed by atoms with Crippen LogP contribution < -0.4 is 5.32 Å². The maximum Gasteiger partial charge on any atom is 0.253 e. The Balaban J connectivity index is 1.13. The Kier molecular flexibility index (Phi) is 11.6. The molecule has 7 nitrogen and oxygen atoms in total. The lowest BCUT2D eigenvalue weighted by Crippen LogP contribution is -2.39. The Morgan fingerprint density at radius 1 is 0.692 bits per heavy atom. The van der Waals surface area contributed by atoms with Crippen molar-refractivity contribution in [2.45, 2.75) is 51.2 Å². The second-order valence-corrected chi connectivity index (χ2v) is 13.2. The van der Waals surface area contributed by atoms with E-state index < -0.39 is 6.29 Å². The van der Waals surface area contributed by atoms with E-state index in [-0.39, 0.29) is 24.7 Å². The lowest BCUT2D eigenvalue weighted by Gasteiger charge is -2.38. The second kappa shape index (κ2) is 17.2. The number of amides is 1. The number of nitrogens with zero attached hydrogens (tertiary/aromatic N) is 2. The molecule has 1 aromatic heterocycles. The molecule has 0 spiro atoms. The Bertz CT molecular complexity index is 1980. The number of aliphatic hydroxyl groups excluding tert-OH is 1. The highest BCUT2D eigenvalue weighted by Gasteiger charge is 2.33. The van der Waals surface area contributed by atoms with Crippen LogP contribution in [0.4, 0.5) is 0 Å². The van der Waals surface area contributed by atoms with Gasteiger partial charge in [0.25, 0.3) is 5.91 Å². The Hall–Kier alpha value is -5.44. The van der Waals surface area contributed by atoms with Crippen LogP contribution in [0.15, 0.2) is 158 Å². The van der Waals surface area contributed by atoms with Gasteiger partial charge >= 0.3 is 0 Å². The maximum atomic E-state index is 12.6. The SMILES string of the molecule is O=C(NCc1cccc(-c2cccc([C@@H]3O[C@H](CN(Cc4ccccc4)Cc4ccccc4)C[C@H](c4ccc(CO)cc4)O3)c2)c1)c1cccnc1. The summed E-state index contributed by atoms with van der Waals surface area (Å²) in [5.41, 5.74) is 8.97. The molecule has 2 N–H and O–H groups in total. The van der Waals surface area contributed by atoms with Crippen molar-refractivity contribution in [2.75, 3.05) is 6.54 Å². The zero-order valence-corrected chi connectivity index (χ0v) is 29.1. The highest BCUT2D eigenvalue weighted by Crippen LogP contribution is 2.39. The Morgan fingerprint density at radius 2 is 1.37 bits per heavy atom. The van der Waals surface area contributed by atoms with Gasteiger partial charge in [-0.25, -0.2) is 0 Å². The van der Waals surface area contributed by atoms with Crippen molar-refractivity contribution >= 4 is 5.91 Å². The van der Waals surface area contributed by atoms with Crippen LogP contribution in [-0.4, -0.2) is 33.5 Å². The first-order chi connectivity index (χ1) is 25.6. The smallest absolute Gasteiger partial charge is 0.253 e. The number of pyridine rings is 1. The Morgan fingerprint density at radius 3 is 2.04 bits per heavy atom. The topological polar surface area (TPSA) is 83.9 Å². The zero-order chi connectivity index (χ0) is 35.5. The molecule has 0 unspecified atom stereocenters. The van der Waals surface area contributed by atoms with Gasteiger partial charge in [0.2, 0.25) is 0 Å². The summed E-state index contributed by atoms with van der Waals surface area (Å²) in [4.78, 5) is 19.1. The molecule has 262 valence electrons. The van der Waals surface area contributed by atoms with Crippen LogP contribution in [0, 0.1) is 0 Å². The highest BCUT2D eigenvalue weighted by molar-refractivity contribution is 5.93. The molecule has 0 radical (unpaired) electrons. The summed E-state index contributed by atoms with van der Waals surface area (Å²) in [7, 11) is 0. The molecule has 0 aliphatic carbocycles. The number of carbonyl (C=O) groups excluding carboxylic acids is 1. The van der Waals surface area contributed by atoms with E-state index >= 15 is 0 Å². The van der Waals surface area contributed by atoms with Crippen molar-refractivity contribution in [3.05, 3.63) is 197 Å². The van der Waals surface area contributed by atoms with Crippen molar-refractivity contribution in [1.82, 2.24) is 15.2 Å². The molecule has 0 saturated carbocycles. The van der Waals surface area contributed by atoms with E-state index in [0.29, 0.717) is 18.5 Å². The normalized spacial score (nSPS) is 17.2. The summed E-state index contributed by atoms with van der Waals surface area (Å²) in [5.74, 6) is -0.159. The third-order valence-corrected chi connectivity index (χ3v) is 9.37. The minimum Gasteiger partial charge on any atom is -0.392 e. The van der Waals surface area contributed by atoms with Crippen LogP contribution in [0.25, 0.3) is 11.1 Å². The van der Waals surface area contributed by atoms with Gasteiger partial charge in [-0.05, 0) is 63.2 Å². The molecule has 1 saturated heterocycles. The van der Waals surface area contributed by atoms with Gasteiger partial charge in [-0.15, -0.1) is 0 Å². The van der Waals surface area contributed by atoms with E-state index in [9.17, 15) is 9.90 Å². The third-order valence-electron chi connectivity index (χ3n) is 9.37. The summed E-state index contributed by atoms with van der Waals surface area (Å²) in [6.45, 7) is 2.72. The van der Waals surface area contributed by atoms with Crippen LogP contribution >= 0.6 is 0 Å². The van der Waals surface area contributed by atoms with Crippen LogP contribution in [-0.2, 0) is 35.7 Å². The van der Waals surface area contributed by atoms with Gasteiger partial charge < -0.3 is 19.9 Å². The molecule has 5 aromatic carbocycles. The lowest BCUT2D eigenvalue weighted by atomic mass is 9.98. The first kappa shape index (κ1) is 35.0. The zero-order valence-electron chi connectivity index (χ0n) is 29.1. The van der Waals surface area contributed by atoms with Gasteiger partial charge in [0.1, 0.15) is 0 Å². The molecule has 1 aliphatic heterocycles. The number of rotatable bonds is 13. The van der Waals surface area contributed by atoms with Gasteiger partial charge in [0, 0.05) is 50.6 Å². The fourth-order valence-corrected chi connectivity index (χ4v) is 6.70. The Labute approximate surface area is 305 Å². The van der Waals surface area contributed by atoms with Gasteiger partial charge in [-0.2, -0.15) is 0 Å². The van der Waals surface area contributed by atoms with E-state index in [4.69, 9.17) is 9.47 Å². The first-order valence-corrected chi connectivity index (χ1v) is 17.8. The number of aromatic nitrogens is 1. The standard InChI is InChI=1S/C45H43N3O4/c49-32-35-19-21-37(22-20-35)43-26-42(31-48(29-33-10-3-1-4-11-33)30-34-12-5-2-6-13-34)51-45(52-43)40-17-8-16-39(25-40)38-15-7-14-36(24-38)27-47-44(50)41-18-9-23-46-28-41/h1-25,28,42-43,45,49H,26-27,29-32H2,(H,47,50)/t42-,43+,45+/m0/s1. The molecule has 7 heteroatoms. The number of hydrogen-bond donors (Lipinski definition) is 2. The highest BCUT2D eigenvalue weighted by atomic mass is 16.7. The molecular formula is C45H43N3O4. The summed E-state index contributed by atoms with van der Waals surface area (Å²) < 4.78 is 13.6. The van der Waals surface area contributed by atoms with E-state index in [1.54, 1.807) is 24.5 Å². The second-order valence-electron chi connectivity index (χ2n) is 13.2. The predicted octanol–water partition coefficient (Wildman–Crippen LogP) is 8.42. The quantitative estimate of drug-likeness (QED) is 0.127. The summed E-state index contributed by atoms with van der Waals surface area (Å²) >= 11 is 0. The van der Waals surface area contributed by atoms with Crippen LogP contribution in [0.1, 0.15) is 62.6 Å². The molecule has 7 rings (SSSR count). The molecular weight excluding hydrogens is 647 g/mol. The average molecular weight is 690 g/mol. The van der Waals surface area contributed by atoms with Crippen molar-refractivity contribution < 1.29 is 19.4 Å². The van der Waals surface area contributed by atoms with E-state index in [2.05, 4.69) is 118 Å². The minimum atomic E-state index is -0.585. The monoisotopic (exact) mass is 689 g/mol. The number of hydrogen-bond acceptors (Lipinski definition) is 6. The van der Waals surface area contributed by atoms with Gasteiger partial charge in [-0.1, -0.05) is 121 Å². The predicted molar refractivity (Wildman–Crippen MR) is 203 cm³/mol. The molecule has 1 fully saturated rings. The van der Waals surface area contributed by atoms with Crippen molar-refractivity contribution in [2.24, 2.45) is 0 Å². The van der Waals surface area contributed by atoms with Gasteiger partial charge in [0.15, 0.2) is 6.29 Å². The molecule has 0 bridgehead atoms. The van der Waals surface area contributed by atoms with Crippen LogP contribution in [0.5, 0.6) is 0 Å². The molecule has 2 heterocycles. The van der Waals surface area contributed by atoms with Crippen molar-refractivity contribution in [1.29, 1.82) is 0 Å². The number of nitrogens with one attached hydrogen (secondary N) is 1. The van der Waals surface area contributed by atoms with Gasteiger partial charge in [0.05, 0.1) is 24.4 Å². The summed E-state index contributed by atoms with van der Waals surface area (Å²) in [5, 5.41) is 12.7. The number of carbonyl (C=O) groups is 1. The minimum absolute atomic E-state index is 0.00103. The number of benzene rings is 5. The van der Waals surface area contributed by atoms with Gasteiger partial charge in [-0.3, -0.25) is 14.7 Å².